The Labute approximate surface area is 120 Å². The van der Waals surface area contributed by atoms with E-state index in [1.54, 1.807) is 12.1 Å². The second-order valence-corrected chi connectivity index (χ2v) is 7.19. The van der Waals surface area contributed by atoms with Crippen LogP contribution in [0.5, 0.6) is 5.75 Å². The highest BCUT2D eigenvalue weighted by molar-refractivity contribution is 7.89. The second kappa shape index (κ2) is 5.71. The van der Waals surface area contributed by atoms with Gasteiger partial charge in [-0.2, -0.15) is 0 Å². The fourth-order valence-corrected chi connectivity index (χ4v) is 3.66. The van der Waals surface area contributed by atoms with Crippen LogP contribution < -0.4 is 9.46 Å². The van der Waals surface area contributed by atoms with Crippen LogP contribution in [0.15, 0.2) is 23.1 Å². The summed E-state index contributed by atoms with van der Waals surface area (Å²) in [7, 11) is -2.14. The molecule has 0 amide bonds. The van der Waals surface area contributed by atoms with Crippen molar-refractivity contribution in [1.29, 1.82) is 0 Å². The summed E-state index contributed by atoms with van der Waals surface area (Å²) in [5, 5.41) is 9.01. The SMILES string of the molecule is COc1ccc(C)cc1S(=O)(=O)NCC1(CCO)CC1. The van der Waals surface area contributed by atoms with E-state index in [4.69, 9.17) is 9.84 Å². The molecular formula is C14H21NO4S. The van der Waals surface area contributed by atoms with Crippen molar-refractivity contribution in [1.82, 2.24) is 4.72 Å². The smallest absolute Gasteiger partial charge is 0.244 e. The highest BCUT2D eigenvalue weighted by atomic mass is 32.2. The van der Waals surface area contributed by atoms with Crippen molar-refractivity contribution in [3.63, 3.8) is 0 Å². The van der Waals surface area contributed by atoms with Crippen LogP contribution in [0, 0.1) is 12.3 Å². The number of benzene rings is 1. The van der Waals surface area contributed by atoms with Gasteiger partial charge in [0.25, 0.3) is 0 Å². The van der Waals surface area contributed by atoms with Crippen LogP contribution >= 0.6 is 0 Å². The topological polar surface area (TPSA) is 75.6 Å². The molecule has 1 saturated carbocycles. The predicted molar refractivity (Wildman–Crippen MR) is 76.3 cm³/mol. The van der Waals surface area contributed by atoms with Crippen molar-refractivity contribution < 1.29 is 18.3 Å². The molecule has 1 fully saturated rings. The van der Waals surface area contributed by atoms with Gasteiger partial charge in [-0.1, -0.05) is 6.07 Å². The zero-order valence-electron chi connectivity index (χ0n) is 11.8. The molecule has 5 nitrogen and oxygen atoms in total. The zero-order chi connectivity index (χ0) is 14.8. The minimum atomic E-state index is -3.59. The Balaban J connectivity index is 2.16. The summed E-state index contributed by atoms with van der Waals surface area (Å²) in [6, 6.07) is 5.07. The summed E-state index contributed by atoms with van der Waals surface area (Å²) in [6.07, 6.45) is 2.56. The van der Waals surface area contributed by atoms with Crippen molar-refractivity contribution in [2.45, 2.75) is 31.1 Å². The molecule has 1 aromatic rings. The molecular weight excluding hydrogens is 278 g/mol. The maximum Gasteiger partial charge on any atom is 0.244 e. The zero-order valence-corrected chi connectivity index (χ0v) is 12.7. The van der Waals surface area contributed by atoms with Gasteiger partial charge in [0.1, 0.15) is 10.6 Å². The third-order valence-corrected chi connectivity index (χ3v) is 5.27. The quantitative estimate of drug-likeness (QED) is 0.799. The molecule has 0 unspecified atom stereocenters. The van der Waals surface area contributed by atoms with Crippen molar-refractivity contribution in [3.05, 3.63) is 23.8 Å². The Morgan fingerprint density at radius 3 is 2.65 bits per heavy atom. The van der Waals surface area contributed by atoms with Gasteiger partial charge in [0.05, 0.1) is 7.11 Å². The van der Waals surface area contributed by atoms with E-state index in [-0.39, 0.29) is 16.9 Å². The van der Waals surface area contributed by atoms with Crippen LogP contribution in [-0.4, -0.2) is 33.8 Å². The molecule has 1 aliphatic carbocycles. The summed E-state index contributed by atoms with van der Waals surface area (Å²) < 4.78 is 32.5. The van der Waals surface area contributed by atoms with Gasteiger partial charge in [-0.25, -0.2) is 13.1 Å². The predicted octanol–water partition coefficient (Wildman–Crippen LogP) is 1.44. The molecule has 0 aromatic heterocycles. The van der Waals surface area contributed by atoms with E-state index in [1.165, 1.54) is 7.11 Å². The van der Waals surface area contributed by atoms with Crippen LogP contribution in [0.2, 0.25) is 0 Å². The highest BCUT2D eigenvalue weighted by Gasteiger charge is 2.42. The highest BCUT2D eigenvalue weighted by Crippen LogP contribution is 2.48. The number of sulfonamides is 1. The Bertz CT molecular complexity index is 579. The van der Waals surface area contributed by atoms with Crippen molar-refractivity contribution in [2.24, 2.45) is 5.41 Å². The third-order valence-electron chi connectivity index (χ3n) is 3.85. The molecule has 0 aliphatic heterocycles. The lowest BCUT2D eigenvalue weighted by molar-refractivity contribution is 0.249. The van der Waals surface area contributed by atoms with E-state index < -0.39 is 10.0 Å². The monoisotopic (exact) mass is 299 g/mol. The van der Waals surface area contributed by atoms with E-state index in [1.807, 2.05) is 13.0 Å². The molecule has 2 N–H and O–H groups in total. The van der Waals surface area contributed by atoms with Crippen LogP contribution in [0.3, 0.4) is 0 Å². The number of ether oxygens (including phenoxy) is 1. The Kier molecular flexibility index (Phi) is 4.36. The molecule has 20 heavy (non-hydrogen) atoms. The summed E-state index contributed by atoms with van der Waals surface area (Å²) in [6.45, 7) is 2.30. The van der Waals surface area contributed by atoms with Gasteiger partial charge < -0.3 is 9.84 Å². The lowest BCUT2D eigenvalue weighted by Gasteiger charge is -2.16. The number of aliphatic hydroxyl groups is 1. The molecule has 0 heterocycles. The molecule has 2 rings (SSSR count). The van der Waals surface area contributed by atoms with Crippen LogP contribution in [-0.2, 0) is 10.0 Å². The molecule has 0 spiro atoms. The van der Waals surface area contributed by atoms with Gasteiger partial charge in [0.2, 0.25) is 10.0 Å². The van der Waals surface area contributed by atoms with Gasteiger partial charge >= 0.3 is 0 Å². The number of aliphatic hydroxyl groups excluding tert-OH is 1. The van der Waals surface area contributed by atoms with Crippen LogP contribution in [0.4, 0.5) is 0 Å². The Hall–Kier alpha value is -1.11. The summed E-state index contributed by atoms with van der Waals surface area (Å²) in [4.78, 5) is 0.166. The van der Waals surface area contributed by atoms with Crippen LogP contribution in [0.1, 0.15) is 24.8 Å². The Morgan fingerprint density at radius 2 is 2.10 bits per heavy atom. The summed E-state index contributed by atoms with van der Waals surface area (Å²) >= 11 is 0. The first-order chi connectivity index (χ1) is 9.42. The fraction of sp³-hybridized carbons (Fsp3) is 0.571. The van der Waals surface area contributed by atoms with Gasteiger partial charge in [-0.15, -0.1) is 0 Å². The molecule has 0 saturated heterocycles. The first kappa shape index (κ1) is 15.3. The normalized spacial score (nSPS) is 16.9. The van der Waals surface area contributed by atoms with Gasteiger partial charge in [-0.3, -0.25) is 0 Å². The first-order valence-electron chi connectivity index (χ1n) is 6.68. The number of hydrogen-bond donors (Lipinski definition) is 2. The second-order valence-electron chi connectivity index (χ2n) is 5.45. The van der Waals surface area contributed by atoms with E-state index in [2.05, 4.69) is 4.72 Å². The maximum atomic E-state index is 12.4. The van der Waals surface area contributed by atoms with E-state index in [9.17, 15) is 8.42 Å². The standard InChI is InChI=1S/C14H21NO4S/c1-11-3-4-12(19-2)13(9-11)20(17,18)15-10-14(5-6-14)7-8-16/h3-4,9,15-16H,5-8,10H2,1-2H3. The van der Waals surface area contributed by atoms with Crippen LogP contribution in [0.25, 0.3) is 0 Å². The molecule has 0 radical (unpaired) electrons. The van der Waals surface area contributed by atoms with E-state index in [0.29, 0.717) is 18.7 Å². The number of methoxy groups -OCH3 is 1. The van der Waals surface area contributed by atoms with E-state index in [0.717, 1.165) is 18.4 Å². The maximum absolute atomic E-state index is 12.4. The number of aryl methyl sites for hydroxylation is 1. The molecule has 112 valence electrons. The third kappa shape index (κ3) is 3.31. The Morgan fingerprint density at radius 1 is 1.40 bits per heavy atom. The van der Waals surface area contributed by atoms with Crippen molar-refractivity contribution in [3.8, 4) is 5.75 Å². The summed E-state index contributed by atoms with van der Waals surface area (Å²) in [5.41, 5.74) is 0.807. The minimum absolute atomic E-state index is 0.0567. The minimum Gasteiger partial charge on any atom is -0.495 e. The van der Waals surface area contributed by atoms with Gasteiger partial charge in [0.15, 0.2) is 0 Å². The molecule has 6 heteroatoms. The average Bonchev–Trinajstić information content (AvgIpc) is 3.17. The summed E-state index contributed by atoms with van der Waals surface area (Å²) in [5.74, 6) is 0.343. The van der Waals surface area contributed by atoms with Crippen molar-refractivity contribution in [2.75, 3.05) is 20.3 Å². The molecule has 0 atom stereocenters. The lowest BCUT2D eigenvalue weighted by Crippen LogP contribution is -2.31. The van der Waals surface area contributed by atoms with Gasteiger partial charge in [-0.05, 0) is 49.3 Å². The van der Waals surface area contributed by atoms with E-state index >= 15 is 0 Å². The molecule has 1 aromatic carbocycles. The van der Waals surface area contributed by atoms with Gasteiger partial charge in [0, 0.05) is 13.2 Å². The number of nitrogens with one attached hydrogen (secondary N) is 1. The largest absolute Gasteiger partial charge is 0.495 e. The first-order valence-corrected chi connectivity index (χ1v) is 8.16. The van der Waals surface area contributed by atoms with Crippen molar-refractivity contribution >= 4 is 10.0 Å². The number of hydrogen-bond acceptors (Lipinski definition) is 4. The average molecular weight is 299 g/mol. The molecule has 1 aliphatic rings. The number of rotatable bonds is 7. The molecule has 0 bridgehead atoms. The lowest BCUT2D eigenvalue weighted by atomic mass is 10.0. The fourth-order valence-electron chi connectivity index (χ4n) is 2.25.